The molecule has 0 radical (unpaired) electrons. The Morgan fingerprint density at radius 1 is 1.27 bits per heavy atom. The Morgan fingerprint density at radius 2 is 2.08 bits per heavy atom. The second kappa shape index (κ2) is 6.90. The number of hydrogen-bond donors (Lipinski definition) is 1. The van der Waals surface area contributed by atoms with Crippen molar-refractivity contribution in [3.8, 4) is 0 Å². The Balaban J connectivity index is 1.48. The third-order valence-corrected chi connectivity index (χ3v) is 5.06. The van der Waals surface area contributed by atoms with Gasteiger partial charge in [0.1, 0.15) is 11.6 Å². The summed E-state index contributed by atoms with van der Waals surface area (Å²) in [4.78, 5) is 26.8. The number of nitrogens with one attached hydrogen (secondary N) is 1. The van der Waals surface area contributed by atoms with Gasteiger partial charge in [0.15, 0.2) is 5.69 Å². The number of amides is 2. The number of carbonyl (C=O) groups excluding carboxylic acids is 2. The fraction of sp³-hybridized carbons (Fsp3) is 0.421. The molecule has 1 aliphatic heterocycles. The minimum Gasteiger partial charge on any atom is -0.360 e. The highest BCUT2D eigenvalue weighted by Gasteiger charge is 2.32. The van der Waals surface area contributed by atoms with Gasteiger partial charge >= 0.3 is 0 Å². The molecule has 4 rings (SSSR count). The maximum absolute atomic E-state index is 13.3. The van der Waals surface area contributed by atoms with Crippen LogP contribution in [0.5, 0.6) is 0 Å². The van der Waals surface area contributed by atoms with Gasteiger partial charge in [0.25, 0.3) is 11.8 Å². The van der Waals surface area contributed by atoms with E-state index in [0.717, 1.165) is 37.3 Å². The average Bonchev–Trinajstić information content (AvgIpc) is 3.31. The summed E-state index contributed by atoms with van der Waals surface area (Å²) in [5, 5.41) is 6.93. The molecule has 2 aliphatic rings. The van der Waals surface area contributed by atoms with E-state index in [4.69, 9.17) is 4.52 Å². The van der Waals surface area contributed by atoms with Crippen molar-refractivity contribution in [3.05, 3.63) is 52.7 Å². The van der Waals surface area contributed by atoms with Gasteiger partial charge in [0, 0.05) is 36.7 Å². The Bertz CT molecular complexity index is 842. The predicted octanol–water partition coefficient (Wildman–Crippen LogP) is 2.34. The second-order valence-electron chi connectivity index (χ2n) is 6.86. The molecule has 2 aromatic rings. The number of benzene rings is 1. The van der Waals surface area contributed by atoms with Crippen LogP contribution in [0.25, 0.3) is 0 Å². The molecule has 2 amide bonds. The Morgan fingerprint density at radius 3 is 2.85 bits per heavy atom. The summed E-state index contributed by atoms with van der Waals surface area (Å²) in [7, 11) is 0. The van der Waals surface area contributed by atoms with Gasteiger partial charge in [-0.2, -0.15) is 0 Å². The van der Waals surface area contributed by atoms with Crippen LogP contribution in [-0.2, 0) is 12.8 Å². The Hall–Kier alpha value is -2.70. The maximum Gasteiger partial charge on any atom is 0.276 e. The molecule has 0 saturated carbocycles. The van der Waals surface area contributed by atoms with Crippen molar-refractivity contribution in [1.29, 1.82) is 0 Å². The van der Waals surface area contributed by atoms with Gasteiger partial charge in [-0.3, -0.25) is 9.59 Å². The molecule has 26 heavy (non-hydrogen) atoms. The van der Waals surface area contributed by atoms with Crippen molar-refractivity contribution >= 4 is 11.8 Å². The second-order valence-corrected chi connectivity index (χ2v) is 6.86. The number of aryl methyl sites for hydroxylation is 1. The molecule has 7 heteroatoms. The smallest absolute Gasteiger partial charge is 0.276 e. The fourth-order valence-electron chi connectivity index (χ4n) is 3.66. The van der Waals surface area contributed by atoms with E-state index in [9.17, 15) is 14.0 Å². The average molecular weight is 357 g/mol. The first kappa shape index (κ1) is 16.8. The summed E-state index contributed by atoms with van der Waals surface area (Å²) in [5.74, 6) is -0.128. The van der Waals surface area contributed by atoms with Crippen LogP contribution < -0.4 is 5.32 Å². The topological polar surface area (TPSA) is 75.4 Å². The number of hydrogen-bond acceptors (Lipinski definition) is 4. The van der Waals surface area contributed by atoms with Gasteiger partial charge in [0.2, 0.25) is 0 Å². The molecule has 1 saturated heterocycles. The van der Waals surface area contributed by atoms with Crippen molar-refractivity contribution in [1.82, 2.24) is 15.4 Å². The van der Waals surface area contributed by atoms with Crippen LogP contribution in [0.1, 0.15) is 51.4 Å². The predicted molar refractivity (Wildman–Crippen MR) is 91.3 cm³/mol. The van der Waals surface area contributed by atoms with Gasteiger partial charge in [-0.15, -0.1) is 0 Å². The molecular weight excluding hydrogens is 337 g/mol. The van der Waals surface area contributed by atoms with Crippen LogP contribution in [0.15, 0.2) is 28.8 Å². The highest BCUT2D eigenvalue weighted by molar-refractivity contribution is 5.95. The van der Waals surface area contributed by atoms with Crippen LogP contribution in [0.4, 0.5) is 4.39 Å². The third kappa shape index (κ3) is 3.21. The van der Waals surface area contributed by atoms with E-state index in [0.29, 0.717) is 25.0 Å². The van der Waals surface area contributed by atoms with Gasteiger partial charge < -0.3 is 14.7 Å². The zero-order valence-corrected chi connectivity index (χ0v) is 14.3. The lowest BCUT2D eigenvalue weighted by Gasteiger charge is -2.23. The highest BCUT2D eigenvalue weighted by atomic mass is 19.1. The fourth-order valence-corrected chi connectivity index (χ4v) is 3.66. The number of likely N-dealkylation sites (tertiary alicyclic amines) is 1. The van der Waals surface area contributed by atoms with Gasteiger partial charge in [-0.1, -0.05) is 11.2 Å². The number of rotatable bonds is 3. The molecule has 1 atom stereocenters. The minimum absolute atomic E-state index is 0.0930. The summed E-state index contributed by atoms with van der Waals surface area (Å²) in [6.45, 7) is 1.50. The normalized spacial score (nSPS) is 19.3. The Labute approximate surface area is 150 Å². The molecule has 1 fully saturated rings. The first-order chi connectivity index (χ1) is 12.6. The Kier molecular flexibility index (Phi) is 4.44. The third-order valence-electron chi connectivity index (χ3n) is 5.06. The molecule has 1 aliphatic carbocycles. The number of carbonyl (C=O) groups is 2. The van der Waals surface area contributed by atoms with Crippen molar-refractivity contribution in [2.75, 3.05) is 13.1 Å². The summed E-state index contributed by atoms with van der Waals surface area (Å²) in [5.41, 5.74) is 1.44. The molecule has 0 spiro atoms. The highest BCUT2D eigenvalue weighted by Crippen LogP contribution is 2.26. The zero-order valence-electron chi connectivity index (χ0n) is 14.3. The SMILES string of the molecule is O=C(NC1CCc2onc(C(=O)N3CCCC3)c2C1)c1cccc(F)c1. The van der Waals surface area contributed by atoms with E-state index >= 15 is 0 Å². The molecule has 0 bridgehead atoms. The van der Waals surface area contributed by atoms with Crippen molar-refractivity contribution in [2.24, 2.45) is 0 Å². The monoisotopic (exact) mass is 357 g/mol. The van der Waals surface area contributed by atoms with Crippen LogP contribution in [0.2, 0.25) is 0 Å². The number of halogens is 1. The van der Waals surface area contributed by atoms with E-state index in [1.54, 1.807) is 11.0 Å². The number of aromatic nitrogens is 1. The van der Waals surface area contributed by atoms with Crippen molar-refractivity contribution < 1.29 is 18.5 Å². The lowest BCUT2D eigenvalue weighted by atomic mass is 9.91. The maximum atomic E-state index is 13.3. The van der Waals surface area contributed by atoms with E-state index in [-0.39, 0.29) is 23.4 Å². The first-order valence-electron chi connectivity index (χ1n) is 8.95. The van der Waals surface area contributed by atoms with Crippen molar-refractivity contribution in [3.63, 3.8) is 0 Å². The summed E-state index contributed by atoms with van der Waals surface area (Å²) in [6, 6.07) is 5.47. The van der Waals surface area contributed by atoms with Crippen LogP contribution in [0.3, 0.4) is 0 Å². The molecule has 1 unspecified atom stereocenters. The minimum atomic E-state index is -0.443. The summed E-state index contributed by atoms with van der Waals surface area (Å²) >= 11 is 0. The summed E-state index contributed by atoms with van der Waals surface area (Å²) in [6.07, 6.45) is 3.83. The molecule has 1 N–H and O–H groups in total. The van der Waals surface area contributed by atoms with E-state index < -0.39 is 5.82 Å². The largest absolute Gasteiger partial charge is 0.360 e. The van der Waals surface area contributed by atoms with Crippen molar-refractivity contribution in [2.45, 2.75) is 38.1 Å². The molecule has 6 nitrogen and oxygen atoms in total. The van der Waals surface area contributed by atoms with Gasteiger partial charge in [0.05, 0.1) is 0 Å². The van der Waals surface area contributed by atoms with Gasteiger partial charge in [-0.25, -0.2) is 4.39 Å². The standard InChI is InChI=1S/C19H20FN3O3/c20-13-5-3-4-12(10-13)18(24)21-14-6-7-16-15(11-14)17(22-26-16)19(25)23-8-1-2-9-23/h3-5,10,14H,1-2,6-9,11H2,(H,21,24). The molecule has 1 aromatic heterocycles. The van der Waals surface area contributed by atoms with E-state index in [2.05, 4.69) is 10.5 Å². The number of nitrogens with zero attached hydrogens (tertiary/aromatic N) is 2. The quantitative estimate of drug-likeness (QED) is 0.915. The molecule has 1 aromatic carbocycles. The zero-order chi connectivity index (χ0) is 18.1. The molecular formula is C19H20FN3O3. The van der Waals surface area contributed by atoms with Crippen LogP contribution >= 0.6 is 0 Å². The molecule has 136 valence electrons. The lowest BCUT2D eigenvalue weighted by molar-refractivity contribution is 0.0781. The lowest BCUT2D eigenvalue weighted by Crippen LogP contribution is -2.39. The van der Waals surface area contributed by atoms with Crippen LogP contribution in [0, 0.1) is 5.82 Å². The van der Waals surface area contributed by atoms with Crippen LogP contribution in [-0.4, -0.2) is 41.0 Å². The summed E-state index contributed by atoms with van der Waals surface area (Å²) < 4.78 is 18.7. The molecule has 2 heterocycles. The van der Waals surface area contributed by atoms with E-state index in [1.807, 2.05) is 0 Å². The number of fused-ring (bicyclic) bond motifs is 1. The van der Waals surface area contributed by atoms with Gasteiger partial charge in [-0.05, 0) is 43.9 Å². The van der Waals surface area contributed by atoms with E-state index in [1.165, 1.54) is 18.2 Å². The first-order valence-corrected chi connectivity index (χ1v) is 8.95.